The van der Waals surface area contributed by atoms with Crippen molar-refractivity contribution in [2.45, 2.75) is 13.0 Å². The van der Waals surface area contributed by atoms with Crippen LogP contribution in [-0.4, -0.2) is 49.7 Å². The van der Waals surface area contributed by atoms with Gasteiger partial charge < -0.3 is 19.7 Å². The molecule has 0 saturated carbocycles. The summed E-state index contributed by atoms with van der Waals surface area (Å²) in [5.41, 5.74) is 1.05. The Hall–Kier alpha value is -2.05. The lowest BCUT2D eigenvalue weighted by Gasteiger charge is -2.33. The largest absolute Gasteiger partial charge is 0.486 e. The number of benzene rings is 1. The topological polar surface area (TPSA) is 50.8 Å². The highest BCUT2D eigenvalue weighted by Crippen LogP contribution is 2.37. The van der Waals surface area contributed by atoms with Gasteiger partial charge in [0.15, 0.2) is 11.5 Å². The van der Waals surface area contributed by atoms with Gasteiger partial charge in [-0.25, -0.2) is 0 Å². The van der Waals surface area contributed by atoms with Crippen LogP contribution in [0.5, 0.6) is 11.5 Å². The van der Waals surface area contributed by atoms with E-state index in [4.69, 9.17) is 9.47 Å². The Balaban J connectivity index is 1.57. The number of amides is 1. The monoisotopic (exact) mass is 344 g/mol. The Morgan fingerprint density at radius 3 is 2.88 bits per heavy atom. The third-order valence-corrected chi connectivity index (χ3v) is 5.53. The summed E-state index contributed by atoms with van der Waals surface area (Å²) in [6, 6.07) is 10.1. The van der Waals surface area contributed by atoms with E-state index in [0.29, 0.717) is 13.2 Å². The van der Waals surface area contributed by atoms with Crippen molar-refractivity contribution in [2.24, 2.45) is 0 Å². The van der Waals surface area contributed by atoms with Gasteiger partial charge in [0.25, 0.3) is 5.91 Å². The number of carbonyl (C=O) groups excluding carboxylic acids is 1. The fraction of sp³-hybridized carbons (Fsp3) is 0.389. The Kier molecular flexibility index (Phi) is 4.16. The molecule has 0 bridgehead atoms. The summed E-state index contributed by atoms with van der Waals surface area (Å²) in [6.07, 6.45) is 0. The summed E-state index contributed by atoms with van der Waals surface area (Å²) in [5, 5.41) is 3.31. The van der Waals surface area contributed by atoms with Gasteiger partial charge in [-0.3, -0.25) is 4.79 Å². The van der Waals surface area contributed by atoms with Crippen LogP contribution in [-0.2, 0) is 0 Å². The van der Waals surface area contributed by atoms with Gasteiger partial charge in [0.05, 0.1) is 4.88 Å². The summed E-state index contributed by atoms with van der Waals surface area (Å²) >= 11 is 1.53. The number of thiophene rings is 1. The van der Waals surface area contributed by atoms with Crippen LogP contribution >= 0.6 is 11.3 Å². The molecule has 0 radical (unpaired) electrons. The maximum absolute atomic E-state index is 12.8. The summed E-state index contributed by atoms with van der Waals surface area (Å²) in [7, 11) is 0. The van der Waals surface area contributed by atoms with Crippen molar-refractivity contribution in [3.63, 3.8) is 0 Å². The molecular weight excluding hydrogens is 324 g/mol. The Morgan fingerprint density at radius 2 is 2.04 bits per heavy atom. The molecule has 5 nitrogen and oxygen atoms in total. The van der Waals surface area contributed by atoms with Gasteiger partial charge in [0.1, 0.15) is 13.2 Å². The standard InChI is InChI=1S/C18H20N2O3S/c1-12-11-19-6-7-20(12)18(21)17-5-4-16(24-17)13-2-3-14-15(10-13)23-9-8-22-14/h2-5,10,12,19H,6-9,11H2,1H3/t12-/m0/s1. The van der Waals surface area contributed by atoms with Crippen molar-refractivity contribution in [1.29, 1.82) is 0 Å². The molecule has 1 saturated heterocycles. The molecule has 6 heteroatoms. The van der Waals surface area contributed by atoms with E-state index in [1.54, 1.807) is 0 Å². The first kappa shape index (κ1) is 15.5. The molecule has 1 amide bonds. The molecule has 1 atom stereocenters. The number of piperazine rings is 1. The van der Waals surface area contributed by atoms with Crippen LogP contribution in [0.3, 0.4) is 0 Å². The van der Waals surface area contributed by atoms with Gasteiger partial charge in [-0.2, -0.15) is 0 Å². The molecule has 0 unspecified atom stereocenters. The van der Waals surface area contributed by atoms with Crippen molar-refractivity contribution in [3.8, 4) is 21.9 Å². The molecular formula is C18H20N2O3S. The van der Waals surface area contributed by atoms with Crippen LogP contribution in [0.1, 0.15) is 16.6 Å². The van der Waals surface area contributed by atoms with E-state index < -0.39 is 0 Å². The van der Waals surface area contributed by atoms with Crippen molar-refractivity contribution < 1.29 is 14.3 Å². The first-order chi connectivity index (χ1) is 11.7. The van der Waals surface area contributed by atoms with Crippen molar-refractivity contribution >= 4 is 17.2 Å². The molecule has 2 aromatic rings. The predicted octanol–water partition coefficient (Wildman–Crippen LogP) is 2.62. The Bertz CT molecular complexity index is 758. The third-order valence-electron chi connectivity index (χ3n) is 4.41. The van der Waals surface area contributed by atoms with Crippen molar-refractivity contribution in [1.82, 2.24) is 10.2 Å². The van der Waals surface area contributed by atoms with E-state index in [2.05, 4.69) is 12.2 Å². The second-order valence-electron chi connectivity index (χ2n) is 6.07. The number of ether oxygens (including phenoxy) is 2. The fourth-order valence-corrected chi connectivity index (χ4v) is 4.05. The Labute approximate surface area is 145 Å². The highest BCUT2D eigenvalue weighted by atomic mass is 32.1. The summed E-state index contributed by atoms with van der Waals surface area (Å²) < 4.78 is 11.2. The SMILES string of the molecule is C[C@H]1CNCCN1C(=O)c1ccc(-c2ccc3c(c2)OCCO3)s1. The number of rotatable bonds is 2. The maximum Gasteiger partial charge on any atom is 0.264 e. The fourth-order valence-electron chi connectivity index (χ4n) is 3.09. The van der Waals surface area contributed by atoms with Gasteiger partial charge >= 0.3 is 0 Å². The lowest BCUT2D eigenvalue weighted by Crippen LogP contribution is -2.52. The highest BCUT2D eigenvalue weighted by Gasteiger charge is 2.25. The Morgan fingerprint density at radius 1 is 1.21 bits per heavy atom. The van der Waals surface area contributed by atoms with Crippen molar-refractivity contribution in [3.05, 3.63) is 35.2 Å². The zero-order valence-corrected chi connectivity index (χ0v) is 14.4. The van der Waals surface area contributed by atoms with Gasteiger partial charge in [0, 0.05) is 30.6 Å². The number of fused-ring (bicyclic) bond motifs is 1. The number of nitrogens with one attached hydrogen (secondary N) is 1. The first-order valence-electron chi connectivity index (χ1n) is 8.24. The van der Waals surface area contributed by atoms with E-state index in [-0.39, 0.29) is 11.9 Å². The molecule has 1 N–H and O–H groups in total. The van der Waals surface area contributed by atoms with Crippen LogP contribution < -0.4 is 14.8 Å². The lowest BCUT2D eigenvalue weighted by molar-refractivity contribution is 0.0661. The predicted molar refractivity (Wildman–Crippen MR) is 94.1 cm³/mol. The van der Waals surface area contributed by atoms with Crippen LogP contribution in [0.4, 0.5) is 0 Å². The van der Waals surface area contributed by atoms with Crippen LogP contribution in [0, 0.1) is 0 Å². The van der Waals surface area contributed by atoms with Gasteiger partial charge in [-0.15, -0.1) is 11.3 Å². The van der Waals surface area contributed by atoms with E-state index in [0.717, 1.165) is 46.5 Å². The number of nitrogens with zero attached hydrogens (tertiary/aromatic N) is 1. The summed E-state index contributed by atoms with van der Waals surface area (Å²) in [5.74, 6) is 1.68. The molecule has 0 aliphatic carbocycles. The average molecular weight is 344 g/mol. The minimum atomic E-state index is 0.123. The minimum absolute atomic E-state index is 0.123. The van der Waals surface area contributed by atoms with Gasteiger partial charge in [0.2, 0.25) is 0 Å². The molecule has 1 aromatic heterocycles. The molecule has 1 fully saturated rings. The average Bonchev–Trinajstić information content (AvgIpc) is 3.11. The minimum Gasteiger partial charge on any atom is -0.486 e. The molecule has 4 rings (SSSR count). The van der Waals surface area contributed by atoms with E-state index in [1.807, 2.05) is 35.2 Å². The molecule has 126 valence electrons. The van der Waals surface area contributed by atoms with E-state index >= 15 is 0 Å². The normalized spacial score (nSPS) is 20.0. The first-order valence-corrected chi connectivity index (χ1v) is 9.05. The highest BCUT2D eigenvalue weighted by molar-refractivity contribution is 7.17. The van der Waals surface area contributed by atoms with Crippen LogP contribution in [0.15, 0.2) is 30.3 Å². The number of hydrogen-bond acceptors (Lipinski definition) is 5. The zero-order chi connectivity index (χ0) is 16.5. The second kappa shape index (κ2) is 6.45. The van der Waals surface area contributed by atoms with Crippen LogP contribution in [0.2, 0.25) is 0 Å². The van der Waals surface area contributed by atoms with Gasteiger partial charge in [-0.1, -0.05) is 0 Å². The van der Waals surface area contributed by atoms with Gasteiger partial charge in [-0.05, 0) is 42.8 Å². The quantitative estimate of drug-likeness (QED) is 0.910. The molecule has 24 heavy (non-hydrogen) atoms. The molecule has 3 heterocycles. The molecule has 2 aliphatic heterocycles. The lowest BCUT2D eigenvalue weighted by atomic mass is 10.1. The summed E-state index contributed by atoms with van der Waals surface area (Å²) in [6.45, 7) is 5.72. The molecule has 0 spiro atoms. The second-order valence-corrected chi connectivity index (χ2v) is 7.16. The number of hydrogen-bond donors (Lipinski definition) is 1. The third kappa shape index (κ3) is 2.87. The van der Waals surface area contributed by atoms with E-state index in [9.17, 15) is 4.79 Å². The molecule has 1 aromatic carbocycles. The maximum atomic E-state index is 12.8. The van der Waals surface area contributed by atoms with E-state index in [1.165, 1.54) is 11.3 Å². The summed E-state index contributed by atoms with van der Waals surface area (Å²) in [4.78, 5) is 16.6. The smallest absolute Gasteiger partial charge is 0.264 e. The molecule has 2 aliphatic rings. The zero-order valence-electron chi connectivity index (χ0n) is 13.6. The van der Waals surface area contributed by atoms with Crippen molar-refractivity contribution in [2.75, 3.05) is 32.8 Å². The van der Waals surface area contributed by atoms with Crippen LogP contribution in [0.25, 0.3) is 10.4 Å². The number of carbonyl (C=O) groups is 1.